The van der Waals surface area contributed by atoms with E-state index in [9.17, 15) is 8.42 Å². The lowest BCUT2D eigenvalue weighted by Crippen LogP contribution is -2.16. The van der Waals surface area contributed by atoms with Gasteiger partial charge in [-0.2, -0.15) is 17.6 Å². The van der Waals surface area contributed by atoms with Gasteiger partial charge in [-0.25, -0.2) is 0 Å². The fourth-order valence-electron chi connectivity index (χ4n) is 1.83. The third-order valence-electron chi connectivity index (χ3n) is 3.02. The summed E-state index contributed by atoms with van der Waals surface area (Å²) in [4.78, 5) is 0.215. The number of benzene rings is 1. The first kappa shape index (κ1) is 14.1. The largest absolute Gasteiger partial charge is 0.283 e. The maximum Gasteiger partial charge on any atom is 0.283 e. The minimum absolute atomic E-state index is 0.215. The van der Waals surface area contributed by atoms with Gasteiger partial charge in [0.2, 0.25) is 0 Å². The van der Waals surface area contributed by atoms with Crippen molar-refractivity contribution in [2.75, 3.05) is 0 Å². The molecular formula is C13H15ClN2O2S. The summed E-state index contributed by atoms with van der Waals surface area (Å²) in [6, 6.07) is 6.80. The molecule has 0 aliphatic heterocycles. The van der Waals surface area contributed by atoms with Crippen molar-refractivity contribution >= 4 is 21.6 Å². The van der Waals surface area contributed by atoms with Crippen LogP contribution in [0, 0.1) is 13.8 Å². The molecule has 1 aromatic heterocycles. The minimum Gasteiger partial charge on any atom is -0.199 e. The van der Waals surface area contributed by atoms with Crippen molar-refractivity contribution in [3.05, 3.63) is 46.2 Å². The van der Waals surface area contributed by atoms with Crippen molar-refractivity contribution in [2.24, 2.45) is 0 Å². The van der Waals surface area contributed by atoms with Gasteiger partial charge in [0.1, 0.15) is 0 Å². The highest BCUT2D eigenvalue weighted by Gasteiger charge is 2.22. The monoisotopic (exact) mass is 298 g/mol. The average Bonchev–Trinajstić information content (AvgIpc) is 2.67. The van der Waals surface area contributed by atoms with Crippen LogP contribution in [0.5, 0.6) is 0 Å². The van der Waals surface area contributed by atoms with Gasteiger partial charge in [-0.3, -0.25) is 0 Å². The van der Waals surface area contributed by atoms with Crippen LogP contribution in [-0.4, -0.2) is 17.6 Å². The number of halogens is 1. The molecule has 6 heteroatoms. The van der Waals surface area contributed by atoms with Crippen molar-refractivity contribution in [3.8, 4) is 0 Å². The Morgan fingerprint density at radius 1 is 1.21 bits per heavy atom. The van der Waals surface area contributed by atoms with Gasteiger partial charge >= 0.3 is 0 Å². The molecule has 0 saturated heterocycles. The van der Waals surface area contributed by atoms with E-state index in [2.05, 4.69) is 5.10 Å². The molecule has 1 heterocycles. The molecule has 0 spiro atoms. The second kappa shape index (κ2) is 4.98. The number of hydrogen-bond acceptors (Lipinski definition) is 3. The molecule has 102 valence electrons. The standard InChI is InChI=1S/C13H15ClN2O2S/c1-4-11-5-7-12(8-6-11)19(17,18)16-10(3)13(14)9(2)15-16/h5-8H,4H2,1-3H3. The molecule has 19 heavy (non-hydrogen) atoms. The van der Waals surface area contributed by atoms with Crippen molar-refractivity contribution < 1.29 is 8.42 Å². The van der Waals surface area contributed by atoms with Crippen molar-refractivity contribution in [3.63, 3.8) is 0 Å². The van der Waals surface area contributed by atoms with Crippen LogP contribution in [0.2, 0.25) is 5.02 Å². The minimum atomic E-state index is -3.68. The van der Waals surface area contributed by atoms with E-state index in [1.165, 1.54) is 0 Å². The molecule has 0 fully saturated rings. The summed E-state index contributed by atoms with van der Waals surface area (Å²) in [5, 5.41) is 4.38. The number of aryl methyl sites for hydroxylation is 2. The van der Waals surface area contributed by atoms with Gasteiger partial charge in [0.15, 0.2) is 0 Å². The third-order valence-corrected chi connectivity index (χ3v) is 5.25. The Morgan fingerprint density at radius 3 is 2.21 bits per heavy atom. The third kappa shape index (κ3) is 2.40. The van der Waals surface area contributed by atoms with Gasteiger partial charge in [0.25, 0.3) is 10.0 Å². The van der Waals surface area contributed by atoms with E-state index in [4.69, 9.17) is 11.6 Å². The lowest BCUT2D eigenvalue weighted by molar-refractivity contribution is 0.577. The first-order valence-corrected chi connectivity index (χ1v) is 7.76. The SMILES string of the molecule is CCc1ccc(S(=O)(=O)n2nc(C)c(Cl)c2C)cc1. The number of rotatable bonds is 3. The first-order valence-electron chi connectivity index (χ1n) is 5.94. The number of nitrogens with zero attached hydrogens (tertiary/aromatic N) is 2. The van der Waals surface area contributed by atoms with Crippen LogP contribution in [0.15, 0.2) is 29.2 Å². The zero-order valence-electron chi connectivity index (χ0n) is 11.0. The van der Waals surface area contributed by atoms with E-state index < -0.39 is 10.0 Å². The summed E-state index contributed by atoms with van der Waals surface area (Å²) in [5.41, 5.74) is 2.03. The molecule has 2 rings (SSSR count). The number of hydrogen-bond donors (Lipinski definition) is 0. The first-order chi connectivity index (χ1) is 8.87. The molecule has 0 atom stereocenters. The second-order valence-corrected chi connectivity index (χ2v) is 6.48. The van der Waals surface area contributed by atoms with Gasteiger partial charge in [-0.15, -0.1) is 0 Å². The van der Waals surface area contributed by atoms with Crippen LogP contribution >= 0.6 is 11.6 Å². The highest BCUT2D eigenvalue weighted by molar-refractivity contribution is 7.89. The van der Waals surface area contributed by atoms with E-state index in [-0.39, 0.29) is 4.90 Å². The van der Waals surface area contributed by atoms with Gasteiger partial charge in [0.05, 0.1) is 21.3 Å². The Hall–Kier alpha value is -1.33. The maximum atomic E-state index is 12.5. The van der Waals surface area contributed by atoms with E-state index in [0.717, 1.165) is 16.1 Å². The summed E-state index contributed by atoms with van der Waals surface area (Å²) in [6.45, 7) is 5.34. The lowest BCUT2D eigenvalue weighted by Gasteiger charge is -2.07. The Balaban J connectivity index is 2.55. The summed E-state index contributed by atoms with van der Waals surface area (Å²) in [6.07, 6.45) is 0.867. The van der Waals surface area contributed by atoms with Gasteiger partial charge in [-0.1, -0.05) is 30.7 Å². The molecule has 0 amide bonds. The highest BCUT2D eigenvalue weighted by Crippen LogP contribution is 2.23. The van der Waals surface area contributed by atoms with Gasteiger partial charge in [0, 0.05) is 0 Å². The van der Waals surface area contributed by atoms with E-state index in [0.29, 0.717) is 16.4 Å². The molecule has 1 aromatic carbocycles. The predicted molar refractivity (Wildman–Crippen MR) is 75.1 cm³/mol. The van der Waals surface area contributed by atoms with Crippen molar-refractivity contribution in [1.82, 2.24) is 9.19 Å². The molecule has 0 aliphatic carbocycles. The van der Waals surface area contributed by atoms with Gasteiger partial charge in [-0.05, 0) is 38.0 Å². The zero-order valence-corrected chi connectivity index (χ0v) is 12.6. The fourth-order valence-corrected chi connectivity index (χ4v) is 3.36. The normalized spacial score (nSPS) is 11.8. The average molecular weight is 299 g/mol. The Bertz CT molecular complexity index is 703. The van der Waals surface area contributed by atoms with Crippen molar-refractivity contribution in [2.45, 2.75) is 32.1 Å². The Labute approximate surface area is 118 Å². The van der Waals surface area contributed by atoms with E-state index in [1.54, 1.807) is 38.1 Å². The predicted octanol–water partition coefficient (Wildman–Crippen LogP) is 2.95. The van der Waals surface area contributed by atoms with Crippen LogP contribution in [0.3, 0.4) is 0 Å². The molecule has 0 N–H and O–H groups in total. The molecule has 0 bridgehead atoms. The van der Waals surface area contributed by atoms with Crippen LogP contribution in [0.25, 0.3) is 0 Å². The quantitative estimate of drug-likeness (QED) is 0.875. The topological polar surface area (TPSA) is 52.0 Å². The second-order valence-electron chi connectivity index (χ2n) is 4.33. The summed E-state index contributed by atoms with van der Waals surface area (Å²) in [7, 11) is -3.68. The van der Waals surface area contributed by atoms with Crippen LogP contribution in [0.1, 0.15) is 23.9 Å². The summed E-state index contributed by atoms with van der Waals surface area (Å²) >= 11 is 5.99. The maximum absolute atomic E-state index is 12.5. The Kier molecular flexibility index (Phi) is 3.69. The molecule has 4 nitrogen and oxygen atoms in total. The van der Waals surface area contributed by atoms with Crippen LogP contribution in [-0.2, 0) is 16.4 Å². The summed E-state index contributed by atoms with van der Waals surface area (Å²) < 4.78 is 25.9. The molecule has 0 saturated carbocycles. The fraction of sp³-hybridized carbons (Fsp3) is 0.308. The van der Waals surface area contributed by atoms with Crippen LogP contribution < -0.4 is 0 Å². The summed E-state index contributed by atoms with van der Waals surface area (Å²) in [5.74, 6) is 0. The zero-order chi connectivity index (χ0) is 14.2. The van der Waals surface area contributed by atoms with Crippen LogP contribution in [0.4, 0.5) is 0 Å². The Morgan fingerprint density at radius 2 is 1.79 bits per heavy atom. The van der Waals surface area contributed by atoms with E-state index >= 15 is 0 Å². The number of aromatic nitrogens is 2. The molecule has 0 aliphatic rings. The van der Waals surface area contributed by atoms with Crippen molar-refractivity contribution in [1.29, 1.82) is 0 Å². The lowest BCUT2D eigenvalue weighted by atomic mass is 10.2. The smallest absolute Gasteiger partial charge is 0.199 e. The van der Waals surface area contributed by atoms with Gasteiger partial charge < -0.3 is 0 Å². The molecule has 0 unspecified atom stereocenters. The molecule has 2 aromatic rings. The molecular weight excluding hydrogens is 284 g/mol. The molecule has 0 radical (unpaired) electrons. The highest BCUT2D eigenvalue weighted by atomic mass is 35.5. The van der Waals surface area contributed by atoms with E-state index in [1.807, 2.05) is 6.92 Å².